The molecule has 0 N–H and O–H groups in total. The summed E-state index contributed by atoms with van der Waals surface area (Å²) in [5, 5.41) is 12.1. The van der Waals surface area contributed by atoms with Crippen molar-refractivity contribution >= 4 is 22.3 Å². The molecule has 0 saturated carbocycles. The number of anilines is 1. The standard InChI is InChI=1S/C18H17N5O3/c1-11-8-16(12-4-3-5-15(23(24)25)17(12)21-11)22-7-6-14-13(9-22)18(26-2)20-10-19-14/h3-5,8,10H,6-7,9H2,1-2H3. The van der Waals surface area contributed by atoms with E-state index in [9.17, 15) is 10.1 Å². The zero-order valence-corrected chi connectivity index (χ0v) is 14.5. The van der Waals surface area contributed by atoms with Crippen LogP contribution in [0.4, 0.5) is 11.4 Å². The first-order valence-electron chi connectivity index (χ1n) is 8.25. The van der Waals surface area contributed by atoms with Crippen molar-refractivity contribution < 1.29 is 9.66 Å². The molecule has 4 rings (SSSR count). The van der Waals surface area contributed by atoms with Crippen LogP contribution < -0.4 is 9.64 Å². The maximum absolute atomic E-state index is 11.4. The summed E-state index contributed by atoms with van der Waals surface area (Å²) in [4.78, 5) is 26.1. The van der Waals surface area contributed by atoms with Crippen LogP contribution in [-0.2, 0) is 13.0 Å². The quantitative estimate of drug-likeness (QED) is 0.529. The molecule has 1 aromatic carbocycles. The van der Waals surface area contributed by atoms with Crippen LogP contribution in [0.3, 0.4) is 0 Å². The number of nitro groups is 1. The van der Waals surface area contributed by atoms with Gasteiger partial charge in [0.15, 0.2) is 5.52 Å². The van der Waals surface area contributed by atoms with Crippen molar-refractivity contribution in [3.05, 3.63) is 57.7 Å². The van der Waals surface area contributed by atoms with E-state index in [0.717, 1.165) is 41.0 Å². The Kier molecular flexibility index (Phi) is 3.87. The van der Waals surface area contributed by atoms with Gasteiger partial charge in [-0.25, -0.2) is 15.0 Å². The van der Waals surface area contributed by atoms with Crippen LogP contribution in [0.25, 0.3) is 10.9 Å². The number of benzene rings is 1. The van der Waals surface area contributed by atoms with Crippen LogP contribution in [0, 0.1) is 17.0 Å². The number of para-hydroxylation sites is 1. The third kappa shape index (κ3) is 2.59. The minimum absolute atomic E-state index is 0.0192. The largest absolute Gasteiger partial charge is 0.481 e. The molecular formula is C18H17N5O3. The number of non-ortho nitro benzene ring substituents is 1. The Hall–Kier alpha value is -3.29. The van der Waals surface area contributed by atoms with Gasteiger partial charge in [-0.2, -0.15) is 0 Å². The molecule has 0 saturated heterocycles. The van der Waals surface area contributed by atoms with E-state index in [1.54, 1.807) is 13.2 Å². The van der Waals surface area contributed by atoms with Gasteiger partial charge >= 0.3 is 0 Å². The van der Waals surface area contributed by atoms with E-state index >= 15 is 0 Å². The fraction of sp³-hybridized carbons (Fsp3) is 0.278. The highest BCUT2D eigenvalue weighted by Gasteiger charge is 2.25. The molecule has 132 valence electrons. The molecule has 1 aliphatic rings. The minimum Gasteiger partial charge on any atom is -0.481 e. The molecule has 0 bridgehead atoms. The molecule has 0 unspecified atom stereocenters. The van der Waals surface area contributed by atoms with Crippen molar-refractivity contribution in [2.75, 3.05) is 18.6 Å². The van der Waals surface area contributed by atoms with Crippen molar-refractivity contribution in [2.24, 2.45) is 0 Å². The number of fused-ring (bicyclic) bond motifs is 2. The van der Waals surface area contributed by atoms with Crippen molar-refractivity contribution in [2.45, 2.75) is 19.9 Å². The predicted octanol–water partition coefficient (Wildman–Crippen LogP) is 2.81. The Morgan fingerprint density at radius 1 is 1.31 bits per heavy atom. The summed E-state index contributed by atoms with van der Waals surface area (Å²) in [7, 11) is 1.59. The van der Waals surface area contributed by atoms with Gasteiger partial charge in [-0.3, -0.25) is 10.1 Å². The molecule has 1 aliphatic heterocycles. The normalized spacial score (nSPS) is 13.5. The molecule has 8 heteroatoms. The van der Waals surface area contributed by atoms with Crippen LogP contribution in [0.1, 0.15) is 17.0 Å². The SMILES string of the molecule is COc1ncnc2c1CN(c1cc(C)nc3c([N+](=O)[O-])cccc13)CC2. The first-order valence-corrected chi connectivity index (χ1v) is 8.25. The molecule has 0 spiro atoms. The lowest BCUT2D eigenvalue weighted by Crippen LogP contribution is -2.31. The number of ether oxygens (including phenoxy) is 1. The maximum atomic E-state index is 11.4. The molecule has 2 aromatic heterocycles. The smallest absolute Gasteiger partial charge is 0.295 e. The van der Waals surface area contributed by atoms with Crippen LogP contribution in [-0.4, -0.2) is 33.5 Å². The van der Waals surface area contributed by atoms with E-state index in [1.807, 2.05) is 19.1 Å². The average molecular weight is 351 g/mol. The molecule has 3 heterocycles. The first kappa shape index (κ1) is 16.2. The number of aryl methyl sites for hydroxylation is 1. The van der Waals surface area contributed by atoms with Gasteiger partial charge in [-0.05, 0) is 13.0 Å². The third-order valence-electron chi connectivity index (χ3n) is 4.62. The summed E-state index contributed by atoms with van der Waals surface area (Å²) in [5.74, 6) is 0.570. The van der Waals surface area contributed by atoms with Crippen molar-refractivity contribution in [3.63, 3.8) is 0 Å². The van der Waals surface area contributed by atoms with E-state index in [1.165, 1.54) is 12.4 Å². The van der Waals surface area contributed by atoms with Crippen LogP contribution in [0.2, 0.25) is 0 Å². The van der Waals surface area contributed by atoms with Crippen molar-refractivity contribution in [3.8, 4) is 5.88 Å². The average Bonchev–Trinajstić information content (AvgIpc) is 2.65. The molecule has 26 heavy (non-hydrogen) atoms. The van der Waals surface area contributed by atoms with Crippen molar-refractivity contribution in [1.82, 2.24) is 15.0 Å². The lowest BCUT2D eigenvalue weighted by Gasteiger charge is -2.31. The number of methoxy groups -OCH3 is 1. The maximum Gasteiger partial charge on any atom is 0.295 e. The monoisotopic (exact) mass is 351 g/mol. The number of pyridine rings is 1. The Morgan fingerprint density at radius 3 is 2.92 bits per heavy atom. The van der Waals surface area contributed by atoms with E-state index in [2.05, 4.69) is 19.9 Å². The minimum atomic E-state index is -0.388. The number of hydrogen-bond donors (Lipinski definition) is 0. The second-order valence-corrected chi connectivity index (χ2v) is 6.19. The highest BCUT2D eigenvalue weighted by atomic mass is 16.6. The van der Waals surface area contributed by atoms with Crippen LogP contribution >= 0.6 is 0 Å². The number of nitrogens with zero attached hydrogens (tertiary/aromatic N) is 5. The van der Waals surface area contributed by atoms with Crippen LogP contribution in [0.5, 0.6) is 5.88 Å². The fourth-order valence-electron chi connectivity index (χ4n) is 3.45. The zero-order chi connectivity index (χ0) is 18.3. The van der Waals surface area contributed by atoms with Gasteiger partial charge in [0.05, 0.1) is 29.8 Å². The predicted molar refractivity (Wildman–Crippen MR) is 96.5 cm³/mol. The third-order valence-corrected chi connectivity index (χ3v) is 4.62. The second kappa shape index (κ2) is 6.21. The van der Waals surface area contributed by atoms with Gasteiger partial charge in [0.2, 0.25) is 5.88 Å². The van der Waals surface area contributed by atoms with E-state index < -0.39 is 0 Å². The molecule has 0 fully saturated rings. The molecule has 0 amide bonds. The van der Waals surface area contributed by atoms with Crippen molar-refractivity contribution in [1.29, 1.82) is 0 Å². The number of aromatic nitrogens is 3. The number of hydrogen-bond acceptors (Lipinski definition) is 7. The lowest BCUT2D eigenvalue weighted by molar-refractivity contribution is -0.383. The van der Waals surface area contributed by atoms with E-state index in [0.29, 0.717) is 17.9 Å². The summed E-state index contributed by atoms with van der Waals surface area (Å²) in [6.07, 6.45) is 2.27. The summed E-state index contributed by atoms with van der Waals surface area (Å²) in [6.45, 7) is 3.19. The first-order chi connectivity index (χ1) is 12.6. The molecule has 0 atom stereocenters. The number of rotatable bonds is 3. The van der Waals surface area contributed by atoms with Gasteiger partial charge < -0.3 is 9.64 Å². The molecular weight excluding hydrogens is 334 g/mol. The van der Waals surface area contributed by atoms with Gasteiger partial charge in [-0.15, -0.1) is 0 Å². The number of nitro benzene ring substituents is 1. The highest BCUT2D eigenvalue weighted by Crippen LogP contribution is 2.35. The van der Waals surface area contributed by atoms with Gasteiger partial charge in [-0.1, -0.05) is 12.1 Å². The van der Waals surface area contributed by atoms with E-state index in [4.69, 9.17) is 4.74 Å². The Morgan fingerprint density at radius 2 is 2.15 bits per heavy atom. The van der Waals surface area contributed by atoms with Gasteiger partial charge in [0.1, 0.15) is 6.33 Å². The second-order valence-electron chi connectivity index (χ2n) is 6.19. The van der Waals surface area contributed by atoms with Gasteiger partial charge in [0, 0.05) is 35.8 Å². The summed E-state index contributed by atoms with van der Waals surface area (Å²) in [5.41, 5.74) is 4.03. The summed E-state index contributed by atoms with van der Waals surface area (Å²) in [6, 6.07) is 7.02. The topological polar surface area (TPSA) is 94.3 Å². The molecule has 0 radical (unpaired) electrons. The van der Waals surface area contributed by atoms with E-state index in [-0.39, 0.29) is 10.6 Å². The molecule has 3 aromatic rings. The lowest BCUT2D eigenvalue weighted by atomic mass is 10.0. The summed E-state index contributed by atoms with van der Waals surface area (Å²) >= 11 is 0. The summed E-state index contributed by atoms with van der Waals surface area (Å²) < 4.78 is 5.38. The zero-order valence-electron chi connectivity index (χ0n) is 14.5. The molecule has 0 aliphatic carbocycles. The highest BCUT2D eigenvalue weighted by molar-refractivity contribution is 5.97. The van der Waals surface area contributed by atoms with Crippen LogP contribution in [0.15, 0.2) is 30.6 Å². The molecule has 8 nitrogen and oxygen atoms in total. The Bertz CT molecular complexity index is 1010. The Balaban J connectivity index is 1.85. The Labute approximate surface area is 149 Å². The fourth-order valence-corrected chi connectivity index (χ4v) is 3.45. The van der Waals surface area contributed by atoms with Gasteiger partial charge in [0.25, 0.3) is 5.69 Å².